The molecule has 8 nitrogen and oxygen atoms in total. The van der Waals surface area contributed by atoms with E-state index in [0.29, 0.717) is 28.5 Å². The highest BCUT2D eigenvalue weighted by Crippen LogP contribution is 2.38. The minimum Gasteiger partial charge on any atom is -0.493 e. The topological polar surface area (TPSA) is 94.2 Å². The molecular formula is C27H32N2O6S. The zero-order valence-electron chi connectivity index (χ0n) is 21.4. The lowest BCUT2D eigenvalue weighted by atomic mass is 10.1. The van der Waals surface area contributed by atoms with Crippen LogP contribution in [0.2, 0.25) is 0 Å². The second-order valence-corrected chi connectivity index (χ2v) is 10.3. The smallest absolute Gasteiger partial charge is 0.251 e. The Kier molecular flexibility index (Phi) is 8.47. The van der Waals surface area contributed by atoms with Gasteiger partial charge in [-0.3, -0.25) is 9.10 Å². The van der Waals surface area contributed by atoms with Crippen molar-refractivity contribution in [2.75, 3.05) is 31.9 Å². The van der Waals surface area contributed by atoms with E-state index in [9.17, 15) is 13.2 Å². The molecule has 0 radical (unpaired) electrons. The van der Waals surface area contributed by atoms with Gasteiger partial charge in [-0.05, 0) is 60.4 Å². The first kappa shape index (κ1) is 26.9. The number of para-hydroxylation sites is 1. The maximum Gasteiger partial charge on any atom is 0.251 e. The number of hydrogen-bond donors (Lipinski definition) is 1. The van der Waals surface area contributed by atoms with Crippen molar-refractivity contribution in [1.82, 2.24) is 5.32 Å². The van der Waals surface area contributed by atoms with Gasteiger partial charge in [0.05, 0.1) is 39.8 Å². The number of carbonyl (C=O) groups excluding carboxylic acids is 1. The Hall–Kier alpha value is -3.72. The molecule has 0 bridgehead atoms. The number of anilines is 1. The molecule has 0 spiro atoms. The van der Waals surface area contributed by atoms with Crippen LogP contribution in [0, 0.1) is 13.8 Å². The lowest BCUT2D eigenvalue weighted by Crippen LogP contribution is -2.30. The number of amides is 1. The van der Waals surface area contributed by atoms with Crippen molar-refractivity contribution in [3.8, 4) is 17.2 Å². The number of hydrogen-bond acceptors (Lipinski definition) is 6. The molecule has 0 aliphatic heterocycles. The average molecular weight is 513 g/mol. The molecule has 1 N–H and O–H groups in total. The van der Waals surface area contributed by atoms with Gasteiger partial charge in [-0.1, -0.05) is 30.3 Å². The van der Waals surface area contributed by atoms with Gasteiger partial charge in [0.1, 0.15) is 0 Å². The van der Waals surface area contributed by atoms with Crippen LogP contribution in [-0.4, -0.2) is 41.9 Å². The van der Waals surface area contributed by atoms with E-state index in [0.717, 1.165) is 22.3 Å². The number of nitrogens with one attached hydrogen (secondary N) is 1. The number of benzene rings is 3. The summed E-state index contributed by atoms with van der Waals surface area (Å²) < 4.78 is 42.7. The molecule has 9 heteroatoms. The maximum absolute atomic E-state index is 12.7. The zero-order valence-corrected chi connectivity index (χ0v) is 22.2. The van der Waals surface area contributed by atoms with Gasteiger partial charge in [0.25, 0.3) is 5.91 Å². The van der Waals surface area contributed by atoms with E-state index in [4.69, 9.17) is 14.2 Å². The summed E-state index contributed by atoms with van der Waals surface area (Å²) in [5, 5.41) is 2.88. The summed E-state index contributed by atoms with van der Waals surface area (Å²) in [6.07, 6.45) is 1.20. The lowest BCUT2D eigenvalue weighted by molar-refractivity contribution is 0.0950. The molecule has 1 amide bonds. The normalized spacial score (nSPS) is 11.1. The fourth-order valence-corrected chi connectivity index (χ4v) is 5.01. The zero-order chi connectivity index (χ0) is 26.5. The molecular weight excluding hydrogens is 480 g/mol. The van der Waals surface area contributed by atoms with Crippen molar-refractivity contribution >= 4 is 21.6 Å². The first-order valence-electron chi connectivity index (χ1n) is 11.3. The second kappa shape index (κ2) is 11.3. The van der Waals surface area contributed by atoms with Gasteiger partial charge < -0.3 is 19.5 Å². The SMILES string of the molecule is COc1cc(CNC(=O)c2ccc(CN(c3c(C)cccc3C)S(C)(=O)=O)cc2)cc(OC)c1OC. The fraction of sp³-hybridized carbons (Fsp3) is 0.296. The van der Waals surface area contributed by atoms with Crippen molar-refractivity contribution < 1.29 is 27.4 Å². The standard InChI is InChI=1S/C27H32N2O6S/c1-18-8-7-9-19(2)25(18)29(36(6,31)32)17-20-10-12-22(13-11-20)27(30)28-16-21-14-23(33-3)26(35-5)24(15-21)34-4/h7-15H,16-17H2,1-6H3,(H,28,30). The number of rotatable bonds is 10. The third kappa shape index (κ3) is 6.09. The Morgan fingerprint density at radius 1 is 0.861 bits per heavy atom. The number of sulfonamides is 1. The van der Waals surface area contributed by atoms with Crippen LogP contribution in [0.25, 0.3) is 0 Å². The van der Waals surface area contributed by atoms with Crippen LogP contribution in [0.5, 0.6) is 17.2 Å². The molecule has 0 saturated heterocycles. The van der Waals surface area contributed by atoms with E-state index in [2.05, 4.69) is 5.32 Å². The Labute approximate surface area is 212 Å². The van der Waals surface area contributed by atoms with Crippen LogP contribution in [-0.2, 0) is 23.1 Å². The number of ether oxygens (including phenoxy) is 3. The summed E-state index contributed by atoms with van der Waals surface area (Å²) in [7, 11) is 1.08. The minimum atomic E-state index is -3.52. The van der Waals surface area contributed by atoms with Gasteiger partial charge in [0.2, 0.25) is 15.8 Å². The molecule has 3 rings (SSSR count). The molecule has 0 fully saturated rings. The molecule has 0 aliphatic rings. The van der Waals surface area contributed by atoms with Gasteiger partial charge in [-0.2, -0.15) is 0 Å². The molecule has 36 heavy (non-hydrogen) atoms. The predicted octanol–water partition coefficient (Wildman–Crippen LogP) is 4.23. The highest BCUT2D eigenvalue weighted by Gasteiger charge is 2.21. The third-order valence-electron chi connectivity index (χ3n) is 5.81. The van der Waals surface area contributed by atoms with Crippen LogP contribution in [0.4, 0.5) is 5.69 Å². The highest BCUT2D eigenvalue weighted by atomic mass is 32.2. The Balaban J connectivity index is 1.74. The fourth-order valence-electron chi connectivity index (χ4n) is 4.01. The van der Waals surface area contributed by atoms with Crippen molar-refractivity contribution in [2.45, 2.75) is 26.9 Å². The maximum atomic E-state index is 12.7. The van der Waals surface area contributed by atoms with E-state index < -0.39 is 10.0 Å². The molecule has 3 aromatic carbocycles. The third-order valence-corrected chi connectivity index (χ3v) is 6.92. The monoisotopic (exact) mass is 512 g/mol. The molecule has 0 atom stereocenters. The number of aryl methyl sites for hydroxylation is 2. The Morgan fingerprint density at radius 2 is 1.42 bits per heavy atom. The van der Waals surface area contributed by atoms with Crippen LogP contribution < -0.4 is 23.8 Å². The lowest BCUT2D eigenvalue weighted by Gasteiger charge is -2.26. The van der Waals surface area contributed by atoms with Gasteiger partial charge >= 0.3 is 0 Å². The van der Waals surface area contributed by atoms with E-state index >= 15 is 0 Å². The van der Waals surface area contributed by atoms with Gasteiger partial charge in [-0.25, -0.2) is 8.42 Å². The number of nitrogens with zero attached hydrogens (tertiary/aromatic N) is 1. The minimum absolute atomic E-state index is 0.165. The second-order valence-electron chi connectivity index (χ2n) is 8.42. The predicted molar refractivity (Wildman–Crippen MR) is 141 cm³/mol. The summed E-state index contributed by atoms with van der Waals surface area (Å²) in [4.78, 5) is 12.7. The summed E-state index contributed by atoms with van der Waals surface area (Å²) >= 11 is 0. The first-order valence-corrected chi connectivity index (χ1v) is 13.1. The van der Waals surface area contributed by atoms with E-state index in [-0.39, 0.29) is 19.0 Å². The Bertz CT molecular complexity index is 1290. The number of carbonyl (C=O) groups is 1. The van der Waals surface area contributed by atoms with Crippen molar-refractivity contribution in [2.24, 2.45) is 0 Å². The van der Waals surface area contributed by atoms with E-state index in [1.54, 1.807) is 36.4 Å². The molecule has 0 aromatic heterocycles. The number of methoxy groups -OCH3 is 3. The quantitative estimate of drug-likeness (QED) is 0.437. The summed E-state index contributed by atoms with van der Waals surface area (Å²) in [5.74, 6) is 1.23. The summed E-state index contributed by atoms with van der Waals surface area (Å²) in [5.41, 5.74) is 4.44. The van der Waals surface area contributed by atoms with Crippen molar-refractivity contribution in [3.05, 3.63) is 82.4 Å². The van der Waals surface area contributed by atoms with Crippen molar-refractivity contribution in [3.63, 3.8) is 0 Å². The largest absolute Gasteiger partial charge is 0.493 e. The van der Waals surface area contributed by atoms with Gasteiger partial charge in [0, 0.05) is 12.1 Å². The Morgan fingerprint density at radius 3 is 1.89 bits per heavy atom. The van der Waals surface area contributed by atoms with Crippen molar-refractivity contribution in [1.29, 1.82) is 0 Å². The molecule has 0 unspecified atom stereocenters. The molecule has 192 valence electrons. The molecule has 0 heterocycles. The summed E-state index contributed by atoms with van der Waals surface area (Å²) in [6, 6.07) is 16.1. The highest BCUT2D eigenvalue weighted by molar-refractivity contribution is 7.92. The van der Waals surface area contributed by atoms with Gasteiger partial charge in [0.15, 0.2) is 11.5 Å². The molecule has 0 aliphatic carbocycles. The van der Waals surface area contributed by atoms with Crippen LogP contribution >= 0.6 is 0 Å². The summed E-state index contributed by atoms with van der Waals surface area (Å²) in [6.45, 7) is 4.20. The van der Waals surface area contributed by atoms with Crippen LogP contribution in [0.1, 0.15) is 32.6 Å². The van der Waals surface area contributed by atoms with E-state index in [1.165, 1.54) is 31.9 Å². The van der Waals surface area contributed by atoms with Crippen LogP contribution in [0.3, 0.4) is 0 Å². The first-order chi connectivity index (χ1) is 17.1. The molecule has 0 saturated carbocycles. The van der Waals surface area contributed by atoms with E-state index in [1.807, 2.05) is 32.0 Å². The van der Waals surface area contributed by atoms with Gasteiger partial charge in [-0.15, -0.1) is 0 Å². The van der Waals surface area contributed by atoms with Crippen LogP contribution in [0.15, 0.2) is 54.6 Å². The average Bonchev–Trinajstić information content (AvgIpc) is 2.85. The molecule has 3 aromatic rings.